The van der Waals surface area contributed by atoms with Gasteiger partial charge in [0.25, 0.3) is 0 Å². The van der Waals surface area contributed by atoms with Crippen LogP contribution in [0.25, 0.3) is 10.8 Å². The molecule has 6 atom stereocenters. The van der Waals surface area contributed by atoms with Gasteiger partial charge in [-0.2, -0.15) is 0 Å². The van der Waals surface area contributed by atoms with Gasteiger partial charge in [0.05, 0.1) is 18.3 Å². The molecular weight excluding hydrogens is 366 g/mol. The number of hydrogen-bond donors (Lipinski definition) is 0. The van der Waals surface area contributed by atoms with E-state index in [2.05, 4.69) is 12.2 Å². The van der Waals surface area contributed by atoms with E-state index in [1.54, 1.807) is 6.07 Å². The molecule has 2 amide bonds. The minimum atomic E-state index is -0.431. The van der Waals surface area contributed by atoms with Gasteiger partial charge in [-0.25, -0.2) is 0 Å². The fraction of sp³-hybridized carbons (Fsp3) is 0.375. The van der Waals surface area contributed by atoms with Crippen molar-refractivity contribution in [1.82, 2.24) is 4.90 Å². The van der Waals surface area contributed by atoms with Crippen LogP contribution in [-0.2, 0) is 14.4 Å². The molecule has 4 aliphatic carbocycles. The number of carbonyl (C=O) groups excluding carboxylic acids is 3. The van der Waals surface area contributed by atoms with Crippen LogP contribution in [0.15, 0.2) is 54.6 Å². The minimum absolute atomic E-state index is 0.0133. The number of rotatable bonds is 4. The van der Waals surface area contributed by atoms with Crippen LogP contribution in [0.1, 0.15) is 12.8 Å². The van der Waals surface area contributed by atoms with E-state index < -0.39 is 5.97 Å². The Labute approximate surface area is 168 Å². The van der Waals surface area contributed by atoms with Crippen molar-refractivity contribution < 1.29 is 19.1 Å². The maximum absolute atomic E-state index is 12.9. The summed E-state index contributed by atoms with van der Waals surface area (Å²) < 4.78 is 5.45. The molecule has 29 heavy (non-hydrogen) atoms. The Bertz CT molecular complexity index is 1050. The van der Waals surface area contributed by atoms with Crippen LogP contribution in [0, 0.1) is 35.5 Å². The van der Waals surface area contributed by atoms with Gasteiger partial charge in [-0.1, -0.05) is 42.5 Å². The maximum Gasteiger partial charge on any atom is 0.312 e. The first kappa shape index (κ1) is 17.0. The summed E-state index contributed by atoms with van der Waals surface area (Å²) in [7, 11) is 0. The highest BCUT2D eigenvalue weighted by molar-refractivity contribution is 6.06. The molecule has 1 saturated heterocycles. The van der Waals surface area contributed by atoms with Crippen molar-refractivity contribution >= 4 is 28.6 Å². The van der Waals surface area contributed by atoms with Gasteiger partial charge < -0.3 is 4.74 Å². The molecule has 5 aliphatic rings. The normalized spacial score (nSPS) is 33.7. The summed E-state index contributed by atoms with van der Waals surface area (Å²) in [6.07, 6.45) is 5.47. The molecule has 0 unspecified atom stereocenters. The second-order valence-corrected chi connectivity index (χ2v) is 8.72. The number of ether oxygens (including phenoxy) is 1. The van der Waals surface area contributed by atoms with Gasteiger partial charge >= 0.3 is 5.97 Å². The van der Waals surface area contributed by atoms with Crippen LogP contribution >= 0.6 is 0 Å². The van der Waals surface area contributed by atoms with Crippen molar-refractivity contribution in [2.75, 3.05) is 6.54 Å². The lowest BCUT2D eigenvalue weighted by Crippen LogP contribution is -2.40. The summed E-state index contributed by atoms with van der Waals surface area (Å²) in [5, 5.41) is 2.07. The van der Waals surface area contributed by atoms with Crippen molar-refractivity contribution in [2.24, 2.45) is 35.5 Å². The lowest BCUT2D eigenvalue weighted by molar-refractivity contribution is -0.141. The SMILES string of the molecule is O=C(CCN1C(=O)[C@@H]2[C@H]3C=C[C@@H]([C@@H]4C[C@H]34)[C@@H]2C1=O)Oc1ccc2ccccc2c1. The van der Waals surface area contributed by atoms with E-state index in [1.807, 2.05) is 36.4 Å². The van der Waals surface area contributed by atoms with E-state index in [-0.39, 0.29) is 48.5 Å². The fourth-order valence-electron chi connectivity index (χ4n) is 5.86. The van der Waals surface area contributed by atoms with Crippen LogP contribution < -0.4 is 4.74 Å². The molecule has 1 aliphatic heterocycles. The Kier molecular flexibility index (Phi) is 3.52. The smallest absolute Gasteiger partial charge is 0.312 e. The summed E-state index contributed by atoms with van der Waals surface area (Å²) in [6, 6.07) is 13.3. The van der Waals surface area contributed by atoms with Gasteiger partial charge in [0, 0.05) is 6.54 Å². The summed E-state index contributed by atoms with van der Waals surface area (Å²) in [5.74, 6) is 1.02. The first-order valence-corrected chi connectivity index (χ1v) is 10.3. The first-order chi connectivity index (χ1) is 14.1. The van der Waals surface area contributed by atoms with E-state index >= 15 is 0 Å². The van der Waals surface area contributed by atoms with E-state index in [0.29, 0.717) is 17.6 Å². The lowest BCUT2D eigenvalue weighted by atomic mass is 9.63. The highest BCUT2D eigenvalue weighted by Gasteiger charge is 2.66. The van der Waals surface area contributed by atoms with E-state index in [4.69, 9.17) is 4.74 Å². The van der Waals surface area contributed by atoms with Gasteiger partial charge in [0.15, 0.2) is 0 Å². The predicted molar refractivity (Wildman–Crippen MR) is 106 cm³/mol. The molecule has 2 saturated carbocycles. The average molecular weight is 387 g/mol. The van der Waals surface area contributed by atoms with Crippen molar-refractivity contribution in [2.45, 2.75) is 12.8 Å². The minimum Gasteiger partial charge on any atom is -0.426 e. The van der Waals surface area contributed by atoms with E-state index in [0.717, 1.165) is 17.2 Å². The Morgan fingerprint density at radius 3 is 2.28 bits per heavy atom. The lowest BCUT2D eigenvalue weighted by Gasteiger charge is -2.37. The van der Waals surface area contributed by atoms with Gasteiger partial charge in [-0.15, -0.1) is 0 Å². The Balaban J connectivity index is 1.13. The summed E-state index contributed by atoms with van der Waals surface area (Å²) in [5.41, 5.74) is 0. The fourth-order valence-corrected chi connectivity index (χ4v) is 5.86. The molecule has 0 aromatic heterocycles. The zero-order valence-electron chi connectivity index (χ0n) is 15.9. The molecule has 0 N–H and O–H groups in total. The third kappa shape index (κ3) is 2.49. The quantitative estimate of drug-likeness (QED) is 0.350. The number of esters is 1. The molecule has 2 bridgehead atoms. The van der Waals surface area contributed by atoms with Gasteiger partial charge in [-0.05, 0) is 53.0 Å². The molecule has 7 rings (SSSR count). The second-order valence-electron chi connectivity index (χ2n) is 8.72. The zero-order valence-corrected chi connectivity index (χ0v) is 15.9. The number of imide groups is 1. The monoisotopic (exact) mass is 387 g/mol. The third-order valence-electron chi connectivity index (χ3n) is 7.25. The number of hydrogen-bond acceptors (Lipinski definition) is 4. The summed E-state index contributed by atoms with van der Waals surface area (Å²) in [4.78, 5) is 39.5. The number of carbonyl (C=O) groups is 3. The molecular formula is C24H21NO4. The Morgan fingerprint density at radius 2 is 1.59 bits per heavy atom. The van der Waals surface area contributed by atoms with Gasteiger partial charge in [0.2, 0.25) is 11.8 Å². The van der Waals surface area contributed by atoms with Crippen LogP contribution in [0.4, 0.5) is 0 Å². The predicted octanol–water partition coefficient (Wildman–Crippen LogP) is 3.19. The zero-order chi connectivity index (χ0) is 19.7. The second kappa shape index (κ2) is 6.02. The largest absolute Gasteiger partial charge is 0.426 e. The van der Waals surface area contributed by atoms with Crippen molar-refractivity contribution in [3.05, 3.63) is 54.6 Å². The molecule has 2 aromatic carbocycles. The Hall–Kier alpha value is -2.95. The topological polar surface area (TPSA) is 63.7 Å². The summed E-state index contributed by atoms with van der Waals surface area (Å²) >= 11 is 0. The van der Waals surface area contributed by atoms with Crippen LogP contribution in [0.5, 0.6) is 5.75 Å². The molecule has 1 heterocycles. The Morgan fingerprint density at radius 1 is 0.931 bits per heavy atom. The molecule has 3 fully saturated rings. The first-order valence-electron chi connectivity index (χ1n) is 10.3. The molecule has 2 aromatic rings. The molecule has 0 spiro atoms. The number of allylic oxidation sites excluding steroid dienone is 2. The average Bonchev–Trinajstić information content (AvgIpc) is 3.51. The summed E-state index contributed by atoms with van der Waals surface area (Å²) in [6.45, 7) is 0.103. The van der Waals surface area contributed by atoms with Crippen molar-refractivity contribution in [3.63, 3.8) is 0 Å². The maximum atomic E-state index is 12.9. The van der Waals surface area contributed by atoms with Gasteiger partial charge in [0.1, 0.15) is 5.75 Å². The molecule has 146 valence electrons. The van der Waals surface area contributed by atoms with E-state index in [9.17, 15) is 14.4 Å². The number of fused-ring (bicyclic) bond motifs is 1. The third-order valence-corrected chi connectivity index (χ3v) is 7.25. The highest BCUT2D eigenvalue weighted by atomic mass is 16.5. The molecule has 0 radical (unpaired) electrons. The van der Waals surface area contributed by atoms with Crippen LogP contribution in [0.2, 0.25) is 0 Å². The van der Waals surface area contributed by atoms with Crippen molar-refractivity contribution in [1.29, 1.82) is 0 Å². The number of amides is 2. The van der Waals surface area contributed by atoms with Crippen LogP contribution in [0.3, 0.4) is 0 Å². The van der Waals surface area contributed by atoms with E-state index in [1.165, 1.54) is 4.90 Å². The number of likely N-dealkylation sites (tertiary alicyclic amines) is 1. The standard InChI is InChI=1S/C24H21NO4/c26-20(29-15-6-5-13-3-1-2-4-14(13)11-15)9-10-25-23(27)21-16-7-8-17(19-12-18(16)19)22(21)24(25)28/h1-8,11,16-19,21-22H,9-10,12H2/t16-,17-,18-,19+,21-,22+/m0/s1. The number of nitrogens with zero attached hydrogens (tertiary/aromatic N) is 1. The number of benzene rings is 2. The molecule has 5 nitrogen and oxygen atoms in total. The highest BCUT2D eigenvalue weighted by Crippen LogP contribution is 2.65. The molecule has 5 heteroatoms. The van der Waals surface area contributed by atoms with Crippen molar-refractivity contribution in [3.8, 4) is 5.75 Å². The van der Waals surface area contributed by atoms with Crippen LogP contribution in [-0.4, -0.2) is 29.2 Å². The van der Waals surface area contributed by atoms with Gasteiger partial charge in [-0.3, -0.25) is 19.3 Å².